The number of ketones is 1. The summed E-state index contributed by atoms with van der Waals surface area (Å²) in [5.41, 5.74) is 0.752. The lowest BCUT2D eigenvalue weighted by atomic mass is 9.80. The molecular formula is C16H24O3. The van der Waals surface area contributed by atoms with Crippen LogP contribution in [0.2, 0.25) is 0 Å². The first-order valence-electron chi connectivity index (χ1n) is 7.07. The molecule has 3 heteroatoms. The van der Waals surface area contributed by atoms with E-state index >= 15 is 0 Å². The van der Waals surface area contributed by atoms with E-state index in [1.807, 2.05) is 27.7 Å². The van der Waals surface area contributed by atoms with E-state index in [9.17, 15) is 4.79 Å². The largest absolute Gasteiger partial charge is 0.491 e. The number of rotatable bonds is 4. The molecule has 106 valence electrons. The summed E-state index contributed by atoms with van der Waals surface area (Å²) in [6.45, 7) is 14.0. The van der Waals surface area contributed by atoms with Crippen LogP contribution in [0.1, 0.15) is 47.5 Å². The molecule has 0 unspecified atom stereocenters. The van der Waals surface area contributed by atoms with Gasteiger partial charge in [-0.15, -0.1) is 0 Å². The molecule has 2 atom stereocenters. The fraction of sp³-hybridized carbons (Fsp3) is 0.688. The number of carbonyl (C=O) groups is 1. The van der Waals surface area contributed by atoms with Gasteiger partial charge in [-0.1, -0.05) is 19.1 Å². The van der Waals surface area contributed by atoms with Gasteiger partial charge in [0, 0.05) is 5.41 Å². The number of ether oxygens (including phenoxy) is 2. The molecule has 0 N–H and O–H groups in total. The second-order valence-electron chi connectivity index (χ2n) is 6.36. The van der Waals surface area contributed by atoms with Gasteiger partial charge in [0.05, 0.1) is 18.1 Å². The van der Waals surface area contributed by atoms with Gasteiger partial charge < -0.3 is 9.47 Å². The summed E-state index contributed by atoms with van der Waals surface area (Å²) in [6.07, 6.45) is 1.82. The van der Waals surface area contributed by atoms with Crippen molar-refractivity contribution in [2.24, 2.45) is 11.3 Å². The molecule has 0 bridgehead atoms. The molecule has 0 saturated heterocycles. The Hall–Kier alpha value is -1.25. The van der Waals surface area contributed by atoms with Crippen molar-refractivity contribution in [3.05, 3.63) is 23.7 Å². The zero-order valence-corrected chi connectivity index (χ0v) is 12.6. The summed E-state index contributed by atoms with van der Waals surface area (Å²) in [6, 6.07) is 0. The van der Waals surface area contributed by atoms with Gasteiger partial charge in [0.1, 0.15) is 5.76 Å². The van der Waals surface area contributed by atoms with Crippen LogP contribution in [0.25, 0.3) is 0 Å². The fourth-order valence-electron chi connectivity index (χ4n) is 3.15. The van der Waals surface area contributed by atoms with Gasteiger partial charge in [-0.2, -0.15) is 0 Å². The second-order valence-corrected chi connectivity index (χ2v) is 6.36. The molecule has 0 aromatic heterocycles. The number of fused-ring (bicyclic) bond motifs is 1. The standard InChI is InChI=1S/C16H24O3/c1-9(2)18-14-13(17)12-11(5)7-8-16(12,6)15(14)19-10(3)4/h9-10,12H,5,7-8H2,1-4,6H3/t12-,16-/m1/s1. The number of hydrogen-bond acceptors (Lipinski definition) is 3. The predicted octanol–water partition coefficient (Wildman–Crippen LogP) is 3.60. The lowest BCUT2D eigenvalue weighted by Crippen LogP contribution is -2.25. The summed E-state index contributed by atoms with van der Waals surface area (Å²) >= 11 is 0. The number of carbonyl (C=O) groups excluding carboxylic acids is 1. The topological polar surface area (TPSA) is 35.5 Å². The van der Waals surface area contributed by atoms with Crippen molar-refractivity contribution in [2.45, 2.75) is 59.7 Å². The van der Waals surface area contributed by atoms with Crippen LogP contribution in [-0.2, 0) is 14.3 Å². The highest BCUT2D eigenvalue weighted by atomic mass is 16.5. The van der Waals surface area contributed by atoms with Crippen LogP contribution in [0.5, 0.6) is 0 Å². The van der Waals surface area contributed by atoms with Crippen molar-refractivity contribution in [1.82, 2.24) is 0 Å². The number of hydrogen-bond donors (Lipinski definition) is 0. The third kappa shape index (κ3) is 2.19. The minimum absolute atomic E-state index is 0.0274. The SMILES string of the molecule is C=C1CC[C@@]2(C)C(OC(C)C)=C(OC(C)C)C(=O)[C@@H]12. The molecule has 0 aliphatic heterocycles. The first-order valence-corrected chi connectivity index (χ1v) is 7.07. The van der Waals surface area contributed by atoms with E-state index in [0.717, 1.165) is 24.2 Å². The van der Waals surface area contributed by atoms with E-state index in [1.54, 1.807) is 0 Å². The quantitative estimate of drug-likeness (QED) is 0.728. The molecule has 1 saturated carbocycles. The van der Waals surface area contributed by atoms with E-state index in [-0.39, 0.29) is 29.3 Å². The Labute approximate surface area is 115 Å². The Balaban J connectivity index is 2.45. The van der Waals surface area contributed by atoms with Gasteiger partial charge in [0.2, 0.25) is 11.5 Å². The molecule has 19 heavy (non-hydrogen) atoms. The fourth-order valence-corrected chi connectivity index (χ4v) is 3.15. The van der Waals surface area contributed by atoms with Gasteiger partial charge in [-0.25, -0.2) is 0 Å². The second kappa shape index (κ2) is 4.69. The summed E-state index contributed by atoms with van der Waals surface area (Å²) in [7, 11) is 0. The van der Waals surface area contributed by atoms with Crippen LogP contribution in [0.3, 0.4) is 0 Å². The van der Waals surface area contributed by atoms with Crippen molar-refractivity contribution < 1.29 is 14.3 Å². The van der Waals surface area contributed by atoms with Crippen LogP contribution in [-0.4, -0.2) is 18.0 Å². The van der Waals surface area contributed by atoms with Crippen molar-refractivity contribution in [1.29, 1.82) is 0 Å². The van der Waals surface area contributed by atoms with E-state index in [4.69, 9.17) is 9.47 Å². The Morgan fingerprint density at radius 1 is 1.21 bits per heavy atom. The smallest absolute Gasteiger partial charge is 0.209 e. The normalized spacial score (nSPS) is 30.6. The molecule has 0 radical (unpaired) electrons. The van der Waals surface area contributed by atoms with Crippen molar-refractivity contribution in [3.63, 3.8) is 0 Å². The molecule has 0 spiro atoms. The van der Waals surface area contributed by atoms with Crippen LogP contribution < -0.4 is 0 Å². The lowest BCUT2D eigenvalue weighted by molar-refractivity contribution is -0.122. The Morgan fingerprint density at radius 2 is 1.79 bits per heavy atom. The van der Waals surface area contributed by atoms with Gasteiger partial charge >= 0.3 is 0 Å². The van der Waals surface area contributed by atoms with Gasteiger partial charge in [-0.3, -0.25) is 4.79 Å². The Kier molecular flexibility index (Phi) is 3.50. The third-order valence-electron chi connectivity index (χ3n) is 3.93. The van der Waals surface area contributed by atoms with E-state index < -0.39 is 0 Å². The summed E-state index contributed by atoms with van der Waals surface area (Å²) in [5, 5.41) is 0. The lowest BCUT2D eigenvalue weighted by Gasteiger charge is -2.27. The zero-order valence-electron chi connectivity index (χ0n) is 12.6. The molecule has 2 aliphatic carbocycles. The summed E-state index contributed by atoms with van der Waals surface area (Å²) in [5.74, 6) is 1.06. The summed E-state index contributed by atoms with van der Waals surface area (Å²) < 4.78 is 11.7. The monoisotopic (exact) mass is 264 g/mol. The van der Waals surface area contributed by atoms with Crippen LogP contribution >= 0.6 is 0 Å². The van der Waals surface area contributed by atoms with Crippen LogP contribution in [0.4, 0.5) is 0 Å². The maximum atomic E-state index is 12.6. The van der Waals surface area contributed by atoms with Crippen LogP contribution in [0.15, 0.2) is 23.7 Å². The van der Waals surface area contributed by atoms with E-state index in [1.165, 1.54) is 0 Å². The molecule has 2 rings (SSSR count). The maximum Gasteiger partial charge on any atom is 0.209 e. The average molecular weight is 264 g/mol. The van der Waals surface area contributed by atoms with Crippen molar-refractivity contribution >= 4 is 5.78 Å². The minimum Gasteiger partial charge on any atom is -0.491 e. The molecule has 1 fully saturated rings. The van der Waals surface area contributed by atoms with Gasteiger partial charge in [0.25, 0.3) is 0 Å². The average Bonchev–Trinajstić information content (AvgIpc) is 2.67. The van der Waals surface area contributed by atoms with Gasteiger partial charge in [-0.05, 0) is 40.5 Å². The molecule has 0 amide bonds. The molecule has 0 aromatic carbocycles. The highest BCUT2D eigenvalue weighted by Gasteiger charge is 2.57. The highest BCUT2D eigenvalue weighted by Crippen LogP contribution is 2.57. The Morgan fingerprint density at radius 3 is 2.32 bits per heavy atom. The third-order valence-corrected chi connectivity index (χ3v) is 3.93. The first-order chi connectivity index (χ1) is 8.77. The maximum absolute atomic E-state index is 12.6. The van der Waals surface area contributed by atoms with Crippen LogP contribution in [0, 0.1) is 11.3 Å². The molecule has 0 aromatic rings. The van der Waals surface area contributed by atoms with E-state index in [2.05, 4.69) is 13.5 Å². The van der Waals surface area contributed by atoms with Gasteiger partial charge in [0.15, 0.2) is 0 Å². The Bertz CT molecular complexity index is 445. The molecule has 0 heterocycles. The summed E-state index contributed by atoms with van der Waals surface area (Å²) in [4.78, 5) is 12.6. The molecule has 3 nitrogen and oxygen atoms in total. The predicted molar refractivity (Wildman–Crippen MR) is 74.4 cm³/mol. The highest BCUT2D eigenvalue weighted by molar-refractivity contribution is 6.02. The molecule has 2 aliphatic rings. The zero-order chi connectivity index (χ0) is 14.4. The van der Waals surface area contributed by atoms with Crippen molar-refractivity contribution in [2.75, 3.05) is 0 Å². The number of Topliss-reactive ketones (excluding diaryl/α,β-unsaturated/α-hetero) is 1. The van der Waals surface area contributed by atoms with E-state index in [0.29, 0.717) is 5.76 Å². The minimum atomic E-state index is -0.261. The number of allylic oxidation sites excluding steroid dienone is 3. The first kappa shape index (κ1) is 14.2. The molecular weight excluding hydrogens is 240 g/mol. The van der Waals surface area contributed by atoms with Crippen molar-refractivity contribution in [3.8, 4) is 0 Å².